The third-order valence-electron chi connectivity index (χ3n) is 13.4. The number of aliphatic hydroxyl groups is 1. The second kappa shape index (κ2) is 22.5. The van der Waals surface area contributed by atoms with Crippen LogP contribution in [0.25, 0.3) is 33.3 Å². The zero-order valence-electron chi connectivity index (χ0n) is 41.3. The van der Waals surface area contributed by atoms with Crippen LogP contribution in [0.1, 0.15) is 90.7 Å². The fourth-order valence-corrected chi connectivity index (χ4v) is 9.94. The van der Waals surface area contributed by atoms with Gasteiger partial charge in [-0.25, -0.2) is 5.43 Å². The number of hydrogen-bond donors (Lipinski definition) is 3. The zero-order chi connectivity index (χ0) is 49.4. The lowest BCUT2D eigenvalue weighted by atomic mass is 9.84. The Morgan fingerprint density at radius 3 is 2.46 bits per heavy atom. The van der Waals surface area contributed by atoms with Crippen molar-refractivity contribution in [3.63, 3.8) is 0 Å². The van der Waals surface area contributed by atoms with Crippen LogP contribution in [-0.2, 0) is 52.8 Å². The summed E-state index contributed by atoms with van der Waals surface area (Å²) in [6.07, 6.45) is 5.49. The lowest BCUT2D eigenvalue weighted by molar-refractivity contribution is -0.146. The van der Waals surface area contributed by atoms with Crippen LogP contribution in [0.5, 0.6) is 0 Å². The summed E-state index contributed by atoms with van der Waals surface area (Å²) in [7, 11) is 3.26. The molecule has 366 valence electrons. The number of hydrazine groups is 1. The number of nitrogens with one attached hydrogen (secondary N) is 2. The Balaban J connectivity index is 1.35. The van der Waals surface area contributed by atoms with Gasteiger partial charge in [0.25, 0.3) is 5.91 Å². The van der Waals surface area contributed by atoms with Crippen LogP contribution in [0.3, 0.4) is 0 Å². The second-order valence-corrected chi connectivity index (χ2v) is 19.4. The van der Waals surface area contributed by atoms with E-state index in [1.54, 1.807) is 25.4 Å². The van der Waals surface area contributed by atoms with Crippen LogP contribution < -0.4 is 10.7 Å². The molecule has 3 N–H and O–H groups in total. The first kappa shape index (κ1) is 51.5. The minimum Gasteiger partial charge on any atom is -0.465 e. The summed E-state index contributed by atoms with van der Waals surface area (Å²) in [6.45, 7) is 18.9. The van der Waals surface area contributed by atoms with Crippen molar-refractivity contribution < 1.29 is 38.6 Å². The molecule has 5 atom stereocenters. The number of aromatic nitrogens is 2. The van der Waals surface area contributed by atoms with Crippen molar-refractivity contribution in [2.75, 3.05) is 47.0 Å². The molecule has 0 aliphatic carbocycles. The summed E-state index contributed by atoms with van der Waals surface area (Å²) < 4.78 is 13.7. The molecular formula is C53H71N7O8. The van der Waals surface area contributed by atoms with Gasteiger partial charge in [0.2, 0.25) is 17.7 Å². The van der Waals surface area contributed by atoms with Crippen molar-refractivity contribution in [3.8, 4) is 22.4 Å². The number of methoxy groups -OCH3 is 1. The second-order valence-electron chi connectivity index (χ2n) is 19.4. The maximum atomic E-state index is 14.5. The number of esters is 1. The van der Waals surface area contributed by atoms with Gasteiger partial charge in [-0.2, -0.15) is 0 Å². The molecule has 2 aliphatic rings. The number of nitrogens with zero attached hydrogens (tertiary/aromatic N) is 5. The van der Waals surface area contributed by atoms with E-state index in [4.69, 9.17) is 14.5 Å². The number of aliphatic hydroxyl groups excluding tert-OH is 1. The van der Waals surface area contributed by atoms with Gasteiger partial charge in [0.05, 0.1) is 42.7 Å². The molecule has 2 aromatic heterocycles. The maximum absolute atomic E-state index is 14.5. The van der Waals surface area contributed by atoms with Crippen molar-refractivity contribution in [1.82, 2.24) is 35.1 Å². The molecule has 2 aliphatic heterocycles. The lowest BCUT2D eigenvalue weighted by Crippen LogP contribution is -2.59. The predicted molar refractivity (Wildman–Crippen MR) is 263 cm³/mol. The minimum absolute atomic E-state index is 0.108. The van der Waals surface area contributed by atoms with Gasteiger partial charge in [-0.15, -0.1) is 0 Å². The zero-order valence-corrected chi connectivity index (χ0v) is 41.3. The molecule has 68 heavy (non-hydrogen) atoms. The van der Waals surface area contributed by atoms with Crippen LogP contribution in [0.4, 0.5) is 0 Å². The number of aryl methyl sites for hydroxylation is 1. The van der Waals surface area contributed by atoms with E-state index in [9.17, 15) is 29.1 Å². The highest BCUT2D eigenvalue weighted by atomic mass is 16.5. The van der Waals surface area contributed by atoms with E-state index in [2.05, 4.69) is 73.0 Å². The molecule has 4 heterocycles. The van der Waals surface area contributed by atoms with Crippen molar-refractivity contribution >= 4 is 40.5 Å². The SMILES string of the molecule is C=CC(=O)N1C[C@@H](C(=O)N(C)[C@H](C(=O)N[C@@H](Cc2cccc(-c3ccc4c(c3)c(CC(C)(C)COC(C)=O)c(-c3cccnc3[C@H](C)OC)n4CC)c2)C(=O)N2CCCCN2)C(C)C)C[C@@H]1CO. The molecule has 4 amide bonds. The van der Waals surface area contributed by atoms with Crippen LogP contribution in [0.2, 0.25) is 0 Å². The summed E-state index contributed by atoms with van der Waals surface area (Å²) in [6, 6.07) is 16.1. The van der Waals surface area contributed by atoms with Gasteiger partial charge in [0, 0.05) is 81.8 Å². The number of pyridine rings is 1. The van der Waals surface area contributed by atoms with Gasteiger partial charge in [0.1, 0.15) is 12.1 Å². The fourth-order valence-electron chi connectivity index (χ4n) is 9.94. The van der Waals surface area contributed by atoms with Gasteiger partial charge in [0.15, 0.2) is 0 Å². The highest BCUT2D eigenvalue weighted by molar-refractivity contribution is 5.96. The van der Waals surface area contributed by atoms with Gasteiger partial charge in [-0.05, 0) is 98.0 Å². The van der Waals surface area contributed by atoms with Crippen molar-refractivity contribution in [2.24, 2.45) is 17.3 Å². The van der Waals surface area contributed by atoms with Crippen LogP contribution >= 0.6 is 0 Å². The average molecular weight is 934 g/mol. The highest BCUT2D eigenvalue weighted by Gasteiger charge is 2.42. The first-order chi connectivity index (χ1) is 32.4. The molecule has 2 fully saturated rings. The molecule has 0 bridgehead atoms. The molecule has 15 nitrogen and oxygen atoms in total. The van der Waals surface area contributed by atoms with E-state index in [0.29, 0.717) is 26.1 Å². The van der Waals surface area contributed by atoms with E-state index in [-0.39, 0.29) is 68.3 Å². The molecule has 0 saturated carbocycles. The topological polar surface area (TPSA) is 176 Å². The first-order valence-corrected chi connectivity index (χ1v) is 23.9. The van der Waals surface area contributed by atoms with Crippen LogP contribution in [0, 0.1) is 17.3 Å². The highest BCUT2D eigenvalue weighted by Crippen LogP contribution is 2.42. The van der Waals surface area contributed by atoms with Crippen LogP contribution in [-0.4, -0.2) is 124 Å². The number of carbonyl (C=O) groups excluding carboxylic acids is 5. The number of likely N-dealkylation sites (tertiary alicyclic amines) is 1. The summed E-state index contributed by atoms with van der Waals surface area (Å²) in [5, 5.41) is 15.7. The normalized spacial score (nSPS) is 17.8. The molecule has 2 saturated heterocycles. The van der Waals surface area contributed by atoms with Gasteiger partial charge >= 0.3 is 5.97 Å². The molecule has 0 spiro atoms. The van der Waals surface area contributed by atoms with Crippen molar-refractivity contribution in [2.45, 2.75) is 111 Å². The Morgan fingerprint density at radius 2 is 1.81 bits per heavy atom. The summed E-state index contributed by atoms with van der Waals surface area (Å²) in [5.41, 5.74) is 10.5. The van der Waals surface area contributed by atoms with Gasteiger partial charge in [-0.1, -0.05) is 64.6 Å². The van der Waals surface area contributed by atoms with Gasteiger partial charge in [-0.3, -0.25) is 34.0 Å². The molecular weight excluding hydrogens is 863 g/mol. The van der Waals surface area contributed by atoms with E-state index < -0.39 is 35.4 Å². The number of carbonyl (C=O) groups is 5. The molecule has 6 rings (SSSR count). The standard InChI is InChI=1S/C53H71N7O8/c1-11-46(63)59-30-39(27-40(59)31-61)51(65)57(9)48(33(3)4)50(64)56-44(52(66)60-24-14-13-23-55-60)26-36-17-15-18-37(25-36)38-20-21-45-42(28-38)43(29-53(7,8)32-68-35(6)62)49(58(45)12-2)41-19-16-22-54-47(41)34(5)67-10/h11,15-22,25,28,33-34,39-40,44,48,55,61H,1,12-14,23-24,26-27,29-32H2,2-10H3,(H,56,64)/t34-,39-,40+,44-,48-/m0/s1. The number of benzene rings is 2. The molecule has 0 unspecified atom stereocenters. The average Bonchev–Trinajstić information content (AvgIpc) is 3.91. The number of hydrogen-bond acceptors (Lipinski definition) is 10. The van der Waals surface area contributed by atoms with E-state index in [1.807, 2.05) is 45.0 Å². The smallest absolute Gasteiger partial charge is 0.302 e. The molecule has 2 aromatic carbocycles. The third kappa shape index (κ3) is 11.5. The maximum Gasteiger partial charge on any atom is 0.302 e. The molecule has 0 radical (unpaired) electrons. The summed E-state index contributed by atoms with van der Waals surface area (Å²) >= 11 is 0. The van der Waals surface area contributed by atoms with E-state index in [1.165, 1.54) is 22.8 Å². The number of likely N-dealkylation sites (N-methyl/N-ethyl adjacent to an activating group) is 1. The Labute approximate surface area is 401 Å². The van der Waals surface area contributed by atoms with Crippen molar-refractivity contribution in [1.29, 1.82) is 0 Å². The first-order valence-electron chi connectivity index (χ1n) is 23.9. The number of rotatable bonds is 19. The Kier molecular flexibility index (Phi) is 17.0. The molecule has 4 aromatic rings. The minimum atomic E-state index is -0.961. The quantitative estimate of drug-likeness (QED) is 0.0719. The number of ether oxygens (including phenoxy) is 2. The predicted octanol–water partition coefficient (Wildman–Crippen LogP) is 6.26. The van der Waals surface area contributed by atoms with Crippen molar-refractivity contribution in [3.05, 3.63) is 90.3 Å². The van der Waals surface area contributed by atoms with Crippen LogP contribution in [0.15, 0.2) is 73.4 Å². The summed E-state index contributed by atoms with van der Waals surface area (Å²) in [4.78, 5) is 75.1. The van der Waals surface area contributed by atoms with E-state index >= 15 is 0 Å². The Morgan fingerprint density at radius 1 is 1.06 bits per heavy atom. The number of fused-ring (bicyclic) bond motifs is 1. The molecule has 15 heteroatoms. The Bertz CT molecular complexity index is 2470. The van der Waals surface area contributed by atoms with E-state index in [0.717, 1.165) is 62.9 Å². The summed E-state index contributed by atoms with van der Waals surface area (Å²) in [5.74, 6) is -2.67. The number of amides is 4. The third-order valence-corrected chi connectivity index (χ3v) is 13.4. The van der Waals surface area contributed by atoms with Gasteiger partial charge < -0.3 is 34.3 Å². The fraction of sp³-hybridized carbons (Fsp3) is 0.509. The Hall–Kier alpha value is -5.90. The monoisotopic (exact) mass is 934 g/mol. The largest absolute Gasteiger partial charge is 0.465 e. The lowest BCUT2D eigenvalue weighted by Gasteiger charge is -2.35.